The zero-order chi connectivity index (χ0) is 22.0. The van der Waals surface area contributed by atoms with Crippen LogP contribution in [0.3, 0.4) is 0 Å². The molecule has 1 aliphatic rings. The number of carbonyl (C=O) groups is 1. The quantitative estimate of drug-likeness (QED) is 0.376. The fourth-order valence-corrected chi connectivity index (χ4v) is 3.45. The molecule has 3 aromatic rings. The lowest BCUT2D eigenvalue weighted by molar-refractivity contribution is -0.122. The number of hydrazine groups is 1. The molecule has 1 fully saturated rings. The van der Waals surface area contributed by atoms with Gasteiger partial charge in [0.2, 0.25) is 0 Å². The maximum absolute atomic E-state index is 12.4. The summed E-state index contributed by atoms with van der Waals surface area (Å²) < 4.78 is 5.92. The molecule has 1 heterocycles. The number of hydrogen-bond acceptors (Lipinski definition) is 5. The summed E-state index contributed by atoms with van der Waals surface area (Å²) in [4.78, 5) is 12.4. The molecule has 0 spiro atoms. The lowest BCUT2D eigenvalue weighted by Crippen LogP contribution is -2.41. The Labute approximate surface area is 188 Å². The molecule has 0 saturated carbocycles. The number of ether oxygens (including phenoxy) is 1. The van der Waals surface area contributed by atoms with Gasteiger partial charge in [0.25, 0.3) is 5.91 Å². The minimum atomic E-state index is -0.371. The number of carbonyl (C=O) groups excluding carboxylic acids is 1. The summed E-state index contributed by atoms with van der Waals surface area (Å²) >= 11 is 0. The second kappa shape index (κ2) is 11.0. The summed E-state index contributed by atoms with van der Waals surface area (Å²) in [6, 6.07) is 27.5. The number of nitrogens with zero attached hydrogens (tertiary/aromatic N) is 1. The van der Waals surface area contributed by atoms with Crippen LogP contribution in [0.25, 0.3) is 6.08 Å². The number of hydrazone groups is 1. The molecule has 0 radical (unpaired) electrons. The normalized spacial score (nSPS) is 18.2. The summed E-state index contributed by atoms with van der Waals surface area (Å²) in [6.45, 7) is 0.516. The first-order valence-electron chi connectivity index (χ1n) is 10.6. The lowest BCUT2D eigenvalue weighted by Gasteiger charge is -2.12. The second-order valence-corrected chi connectivity index (χ2v) is 7.50. The summed E-state index contributed by atoms with van der Waals surface area (Å²) in [5, 5.41) is 4.00. The second-order valence-electron chi connectivity index (χ2n) is 7.50. The number of rotatable bonds is 8. The van der Waals surface area contributed by atoms with Crippen molar-refractivity contribution in [3.05, 3.63) is 108 Å². The van der Waals surface area contributed by atoms with E-state index in [-0.39, 0.29) is 18.0 Å². The summed E-state index contributed by atoms with van der Waals surface area (Å²) in [7, 11) is 0. The number of nitrogens with one attached hydrogen (secondary N) is 3. The highest BCUT2D eigenvalue weighted by atomic mass is 16.5. The molecule has 1 aliphatic heterocycles. The van der Waals surface area contributed by atoms with Gasteiger partial charge in [-0.2, -0.15) is 5.10 Å². The van der Waals surface area contributed by atoms with Gasteiger partial charge in [-0.05, 0) is 41.3 Å². The molecule has 3 aromatic carbocycles. The number of amides is 1. The van der Waals surface area contributed by atoms with Crippen molar-refractivity contribution < 1.29 is 9.53 Å². The van der Waals surface area contributed by atoms with Gasteiger partial charge in [-0.15, -0.1) is 0 Å². The molecule has 0 aliphatic carbocycles. The first kappa shape index (κ1) is 21.5. The molecular weight excluding hydrogens is 400 g/mol. The van der Waals surface area contributed by atoms with Crippen LogP contribution in [0.1, 0.15) is 29.2 Å². The van der Waals surface area contributed by atoms with Crippen LogP contribution in [0, 0.1) is 0 Å². The predicted octanol–water partition coefficient (Wildman–Crippen LogP) is 3.99. The van der Waals surface area contributed by atoms with Crippen molar-refractivity contribution in [3.8, 4) is 5.75 Å². The van der Waals surface area contributed by atoms with Crippen LogP contribution < -0.4 is 21.0 Å². The number of benzene rings is 3. The van der Waals surface area contributed by atoms with E-state index in [1.165, 1.54) is 0 Å². The standard InChI is InChI=1S/C26H26N4O2/c31-26(30-27-16-8-13-20-9-3-1-4-10-20)25-18-24(28-29-25)22-14-7-15-23(17-22)32-19-21-11-5-2-6-12-21/h1-17,24-25,28-29H,18-19H2,(H,30,31)/b13-8+,27-16+. The molecule has 2 atom stereocenters. The third kappa shape index (κ3) is 6.14. The van der Waals surface area contributed by atoms with Crippen LogP contribution >= 0.6 is 0 Å². The van der Waals surface area contributed by atoms with Gasteiger partial charge in [0.15, 0.2) is 0 Å². The maximum Gasteiger partial charge on any atom is 0.258 e. The van der Waals surface area contributed by atoms with E-state index in [1.54, 1.807) is 12.3 Å². The molecule has 2 unspecified atom stereocenters. The fourth-order valence-electron chi connectivity index (χ4n) is 3.45. The summed E-state index contributed by atoms with van der Waals surface area (Å²) in [6.07, 6.45) is 5.90. The van der Waals surface area contributed by atoms with Crippen molar-refractivity contribution >= 4 is 18.2 Å². The predicted molar refractivity (Wildman–Crippen MR) is 127 cm³/mol. The first-order valence-corrected chi connectivity index (χ1v) is 10.6. The van der Waals surface area contributed by atoms with E-state index in [1.807, 2.05) is 91.0 Å². The van der Waals surface area contributed by atoms with Crippen LogP contribution in [-0.4, -0.2) is 18.2 Å². The van der Waals surface area contributed by atoms with E-state index in [2.05, 4.69) is 21.4 Å². The summed E-state index contributed by atoms with van der Waals surface area (Å²) in [5.41, 5.74) is 12.1. The van der Waals surface area contributed by atoms with Crippen molar-refractivity contribution in [1.29, 1.82) is 0 Å². The Bertz CT molecular complexity index is 1070. The molecule has 1 amide bonds. The van der Waals surface area contributed by atoms with Gasteiger partial charge in [-0.1, -0.05) is 78.9 Å². The van der Waals surface area contributed by atoms with Crippen LogP contribution in [0.4, 0.5) is 0 Å². The van der Waals surface area contributed by atoms with Gasteiger partial charge in [0.1, 0.15) is 18.4 Å². The van der Waals surface area contributed by atoms with Crippen LogP contribution in [0.5, 0.6) is 5.75 Å². The highest BCUT2D eigenvalue weighted by Gasteiger charge is 2.30. The topological polar surface area (TPSA) is 74.8 Å². The highest BCUT2D eigenvalue weighted by Crippen LogP contribution is 2.26. The molecule has 162 valence electrons. The third-order valence-electron chi connectivity index (χ3n) is 5.15. The SMILES string of the molecule is O=C(N/N=C/C=C/c1ccccc1)C1CC(c2cccc(OCc3ccccc3)c2)NN1. The van der Waals surface area contributed by atoms with E-state index in [0.29, 0.717) is 13.0 Å². The van der Waals surface area contributed by atoms with Crippen molar-refractivity contribution in [2.75, 3.05) is 0 Å². The maximum atomic E-state index is 12.4. The molecule has 1 saturated heterocycles. The van der Waals surface area contributed by atoms with Gasteiger partial charge in [0, 0.05) is 12.3 Å². The van der Waals surface area contributed by atoms with E-state index in [9.17, 15) is 4.79 Å². The zero-order valence-corrected chi connectivity index (χ0v) is 17.6. The number of allylic oxidation sites excluding steroid dienone is 1. The Hall–Kier alpha value is -3.74. The average molecular weight is 427 g/mol. The molecular formula is C26H26N4O2. The van der Waals surface area contributed by atoms with Gasteiger partial charge < -0.3 is 4.74 Å². The van der Waals surface area contributed by atoms with Crippen molar-refractivity contribution in [3.63, 3.8) is 0 Å². The van der Waals surface area contributed by atoms with Crippen LogP contribution in [-0.2, 0) is 11.4 Å². The van der Waals surface area contributed by atoms with Gasteiger partial charge in [-0.25, -0.2) is 16.3 Å². The van der Waals surface area contributed by atoms with Gasteiger partial charge >= 0.3 is 0 Å². The van der Waals surface area contributed by atoms with Crippen molar-refractivity contribution in [2.24, 2.45) is 5.10 Å². The molecule has 0 bridgehead atoms. The Morgan fingerprint density at radius 1 is 1.00 bits per heavy atom. The molecule has 3 N–H and O–H groups in total. The third-order valence-corrected chi connectivity index (χ3v) is 5.15. The highest BCUT2D eigenvalue weighted by molar-refractivity contribution is 5.84. The minimum absolute atomic E-state index is 0.00739. The Kier molecular flexibility index (Phi) is 7.42. The van der Waals surface area contributed by atoms with E-state index < -0.39 is 0 Å². The monoisotopic (exact) mass is 426 g/mol. The van der Waals surface area contributed by atoms with Gasteiger partial charge in [-0.3, -0.25) is 4.79 Å². The van der Waals surface area contributed by atoms with E-state index in [4.69, 9.17) is 4.74 Å². The molecule has 0 aromatic heterocycles. The zero-order valence-electron chi connectivity index (χ0n) is 17.6. The Morgan fingerprint density at radius 3 is 2.59 bits per heavy atom. The average Bonchev–Trinajstić information content (AvgIpc) is 3.35. The Morgan fingerprint density at radius 2 is 1.78 bits per heavy atom. The van der Waals surface area contributed by atoms with E-state index in [0.717, 1.165) is 22.4 Å². The van der Waals surface area contributed by atoms with Crippen LogP contribution in [0.2, 0.25) is 0 Å². The minimum Gasteiger partial charge on any atom is -0.489 e. The smallest absolute Gasteiger partial charge is 0.258 e. The Balaban J connectivity index is 1.26. The molecule has 32 heavy (non-hydrogen) atoms. The molecule has 6 heteroatoms. The first-order chi connectivity index (χ1) is 15.8. The van der Waals surface area contributed by atoms with Crippen LogP contribution in [0.15, 0.2) is 96.1 Å². The molecule has 6 nitrogen and oxygen atoms in total. The summed E-state index contributed by atoms with van der Waals surface area (Å²) in [5.74, 6) is 0.622. The fraction of sp³-hybridized carbons (Fsp3) is 0.154. The molecule has 4 rings (SSSR count). The lowest BCUT2D eigenvalue weighted by atomic mass is 10.0. The van der Waals surface area contributed by atoms with Crippen molar-refractivity contribution in [2.45, 2.75) is 25.1 Å². The van der Waals surface area contributed by atoms with E-state index >= 15 is 0 Å². The number of hydrogen-bond donors (Lipinski definition) is 3. The largest absolute Gasteiger partial charge is 0.489 e. The van der Waals surface area contributed by atoms with Gasteiger partial charge in [0.05, 0.1) is 0 Å². The van der Waals surface area contributed by atoms with Crippen molar-refractivity contribution in [1.82, 2.24) is 16.3 Å².